The Morgan fingerprint density at radius 2 is 1.08 bits per heavy atom. The van der Waals surface area contributed by atoms with E-state index >= 15 is 0 Å². The second-order valence-electron chi connectivity index (χ2n) is 4.97. The number of rotatable bonds is 2. The summed E-state index contributed by atoms with van der Waals surface area (Å²) < 4.78 is 74.5. The minimum absolute atomic E-state index is 0.210. The molecular weight excluding hydrogens is 368 g/mol. The summed E-state index contributed by atoms with van der Waals surface area (Å²) in [4.78, 5) is 27.8. The van der Waals surface area contributed by atoms with E-state index < -0.39 is 35.4 Å². The van der Waals surface area contributed by atoms with Crippen molar-refractivity contribution >= 4 is 11.9 Å². The molecule has 1 amide bonds. The van der Waals surface area contributed by atoms with Gasteiger partial charge in [0.05, 0.1) is 16.7 Å². The first kappa shape index (κ1) is 19.3. The van der Waals surface area contributed by atoms with Gasteiger partial charge in [-0.05, 0) is 48.5 Å². The van der Waals surface area contributed by atoms with Gasteiger partial charge >= 0.3 is 18.3 Å². The summed E-state index contributed by atoms with van der Waals surface area (Å²) in [6.07, 6.45) is -9.14. The molecule has 0 aliphatic heterocycles. The maximum absolute atomic E-state index is 12.4. The number of carbonyl (C=O) groups excluding carboxylic acids is 2. The maximum atomic E-state index is 12.4. The predicted molar refractivity (Wildman–Crippen MR) is 75.8 cm³/mol. The first-order chi connectivity index (χ1) is 12.0. The summed E-state index contributed by atoms with van der Waals surface area (Å²) >= 11 is 0. The molecule has 0 aromatic heterocycles. The van der Waals surface area contributed by atoms with Gasteiger partial charge in [0.25, 0.3) is 5.91 Å². The first-order valence-electron chi connectivity index (χ1n) is 6.84. The van der Waals surface area contributed by atoms with Crippen molar-refractivity contribution in [1.82, 2.24) is 5.48 Å². The molecule has 0 saturated carbocycles. The van der Waals surface area contributed by atoms with Gasteiger partial charge in [0.15, 0.2) is 0 Å². The Morgan fingerprint density at radius 1 is 0.692 bits per heavy atom. The van der Waals surface area contributed by atoms with E-state index in [4.69, 9.17) is 0 Å². The van der Waals surface area contributed by atoms with Crippen LogP contribution in [0.2, 0.25) is 0 Å². The standard InChI is InChI=1S/C16H9F6NO3/c17-15(18,19)11-5-1-9(2-6-11)13(24)23-26-14(25)10-3-7-12(8-4-10)16(20,21)22/h1-8H,(H,23,24). The molecule has 0 radical (unpaired) electrons. The molecule has 4 nitrogen and oxygen atoms in total. The molecule has 1 N–H and O–H groups in total. The van der Waals surface area contributed by atoms with Crippen molar-refractivity contribution in [2.45, 2.75) is 12.4 Å². The molecule has 0 fully saturated rings. The van der Waals surface area contributed by atoms with Gasteiger partial charge < -0.3 is 4.84 Å². The highest BCUT2D eigenvalue weighted by atomic mass is 19.4. The van der Waals surface area contributed by atoms with Gasteiger partial charge in [-0.25, -0.2) is 4.79 Å². The first-order valence-corrected chi connectivity index (χ1v) is 6.84. The molecule has 0 bridgehead atoms. The lowest BCUT2D eigenvalue weighted by atomic mass is 10.1. The van der Waals surface area contributed by atoms with Crippen LogP contribution in [0, 0.1) is 0 Å². The summed E-state index contributed by atoms with van der Waals surface area (Å²) in [5, 5.41) is 0. The number of halogens is 6. The van der Waals surface area contributed by atoms with Gasteiger partial charge in [0.1, 0.15) is 0 Å². The Balaban J connectivity index is 1.97. The van der Waals surface area contributed by atoms with Crippen LogP contribution in [0.3, 0.4) is 0 Å². The van der Waals surface area contributed by atoms with Gasteiger partial charge in [-0.2, -0.15) is 31.8 Å². The van der Waals surface area contributed by atoms with Crippen molar-refractivity contribution in [3.8, 4) is 0 Å². The van der Waals surface area contributed by atoms with Crippen molar-refractivity contribution in [3.63, 3.8) is 0 Å². The Hall–Kier alpha value is -3.04. The highest BCUT2D eigenvalue weighted by Gasteiger charge is 2.31. The number of benzene rings is 2. The minimum Gasteiger partial charge on any atom is -0.335 e. The van der Waals surface area contributed by atoms with Crippen LogP contribution in [0.4, 0.5) is 26.3 Å². The predicted octanol–water partition coefficient (Wildman–Crippen LogP) is 4.23. The van der Waals surface area contributed by atoms with E-state index in [-0.39, 0.29) is 11.1 Å². The molecule has 2 aromatic carbocycles. The lowest BCUT2D eigenvalue weighted by Gasteiger charge is -2.09. The number of carbonyl (C=O) groups is 2. The molecule has 0 atom stereocenters. The zero-order valence-electron chi connectivity index (χ0n) is 12.6. The second kappa shape index (κ2) is 7.06. The molecule has 10 heteroatoms. The van der Waals surface area contributed by atoms with Crippen LogP contribution in [0.25, 0.3) is 0 Å². The normalized spacial score (nSPS) is 11.8. The lowest BCUT2D eigenvalue weighted by Crippen LogP contribution is -2.27. The summed E-state index contributed by atoms with van der Waals surface area (Å²) in [5.74, 6) is -2.14. The van der Waals surface area contributed by atoms with Crippen LogP contribution in [0.15, 0.2) is 48.5 Å². The average molecular weight is 377 g/mol. The minimum atomic E-state index is -4.57. The number of hydroxylamine groups is 1. The van der Waals surface area contributed by atoms with E-state index in [1.807, 2.05) is 0 Å². The summed E-state index contributed by atoms with van der Waals surface area (Å²) in [6.45, 7) is 0. The molecule has 0 spiro atoms. The van der Waals surface area contributed by atoms with Crippen molar-refractivity contribution in [2.75, 3.05) is 0 Å². The summed E-state index contributed by atoms with van der Waals surface area (Å²) in [6, 6.07) is 6.14. The Bertz CT molecular complexity index is 725. The molecule has 2 aromatic rings. The monoisotopic (exact) mass is 377 g/mol. The van der Waals surface area contributed by atoms with E-state index in [2.05, 4.69) is 4.84 Å². The van der Waals surface area contributed by atoms with E-state index in [0.29, 0.717) is 24.3 Å². The summed E-state index contributed by atoms with van der Waals surface area (Å²) in [7, 11) is 0. The smallest absolute Gasteiger partial charge is 0.335 e. The molecule has 0 unspecified atom stereocenters. The van der Waals surface area contributed by atoms with Crippen LogP contribution in [0.5, 0.6) is 0 Å². The third kappa shape index (κ3) is 4.74. The highest BCUT2D eigenvalue weighted by molar-refractivity contribution is 5.96. The number of alkyl halides is 6. The van der Waals surface area contributed by atoms with Gasteiger partial charge in [0, 0.05) is 5.56 Å². The molecule has 138 valence electrons. The van der Waals surface area contributed by atoms with Gasteiger partial charge in [0.2, 0.25) is 0 Å². The largest absolute Gasteiger partial charge is 0.416 e. The van der Waals surface area contributed by atoms with E-state index in [0.717, 1.165) is 24.3 Å². The molecule has 26 heavy (non-hydrogen) atoms. The molecule has 0 heterocycles. The van der Waals surface area contributed by atoms with Crippen molar-refractivity contribution < 1.29 is 40.8 Å². The third-order valence-corrected chi connectivity index (χ3v) is 3.16. The van der Waals surface area contributed by atoms with Crippen LogP contribution < -0.4 is 5.48 Å². The van der Waals surface area contributed by atoms with Crippen molar-refractivity contribution in [2.24, 2.45) is 0 Å². The van der Waals surface area contributed by atoms with Gasteiger partial charge in [-0.15, -0.1) is 0 Å². The topological polar surface area (TPSA) is 55.4 Å². The van der Waals surface area contributed by atoms with Crippen LogP contribution in [0.1, 0.15) is 31.8 Å². The fraction of sp³-hybridized carbons (Fsp3) is 0.125. The zero-order chi connectivity index (χ0) is 19.5. The molecule has 0 aliphatic carbocycles. The SMILES string of the molecule is O=C(NOC(=O)c1ccc(C(F)(F)F)cc1)c1ccc(C(F)(F)F)cc1. The number of hydrogen-bond donors (Lipinski definition) is 1. The summed E-state index contributed by atoms with van der Waals surface area (Å²) in [5.41, 5.74) is -0.692. The maximum Gasteiger partial charge on any atom is 0.416 e. The second-order valence-corrected chi connectivity index (χ2v) is 4.97. The molecule has 0 aliphatic rings. The van der Waals surface area contributed by atoms with Crippen molar-refractivity contribution in [3.05, 3.63) is 70.8 Å². The van der Waals surface area contributed by atoms with E-state index in [1.54, 1.807) is 5.48 Å². The zero-order valence-corrected chi connectivity index (χ0v) is 12.6. The number of hydrogen-bond acceptors (Lipinski definition) is 3. The third-order valence-electron chi connectivity index (χ3n) is 3.16. The Labute approximate surface area is 142 Å². The number of amides is 1. The number of nitrogens with one attached hydrogen (secondary N) is 1. The molecular formula is C16H9F6NO3. The van der Waals surface area contributed by atoms with Gasteiger partial charge in [-0.1, -0.05) is 0 Å². The molecule has 2 rings (SSSR count). The Kier molecular flexibility index (Phi) is 5.24. The highest BCUT2D eigenvalue weighted by Crippen LogP contribution is 2.30. The molecule has 0 saturated heterocycles. The van der Waals surface area contributed by atoms with E-state index in [9.17, 15) is 35.9 Å². The average Bonchev–Trinajstić information content (AvgIpc) is 2.58. The quantitative estimate of drug-likeness (QED) is 0.630. The van der Waals surface area contributed by atoms with Crippen LogP contribution >= 0.6 is 0 Å². The Morgan fingerprint density at radius 3 is 1.46 bits per heavy atom. The lowest BCUT2D eigenvalue weighted by molar-refractivity contribution is -0.138. The fourth-order valence-corrected chi connectivity index (χ4v) is 1.82. The van der Waals surface area contributed by atoms with Gasteiger partial charge in [-0.3, -0.25) is 4.79 Å². The van der Waals surface area contributed by atoms with E-state index in [1.165, 1.54) is 0 Å². The van der Waals surface area contributed by atoms with Crippen LogP contribution in [-0.4, -0.2) is 11.9 Å². The van der Waals surface area contributed by atoms with Crippen molar-refractivity contribution in [1.29, 1.82) is 0 Å². The van der Waals surface area contributed by atoms with Crippen LogP contribution in [-0.2, 0) is 17.2 Å². The fourth-order valence-electron chi connectivity index (χ4n) is 1.82.